The van der Waals surface area contributed by atoms with Gasteiger partial charge >= 0.3 is 0 Å². The van der Waals surface area contributed by atoms with E-state index in [0.717, 1.165) is 5.56 Å². The molecule has 3 rings (SSSR count). The average Bonchev–Trinajstić information content (AvgIpc) is 2.89. The Labute approximate surface area is 201 Å². The van der Waals surface area contributed by atoms with Gasteiger partial charge in [-0.05, 0) is 35.4 Å². The highest BCUT2D eigenvalue weighted by Crippen LogP contribution is 2.38. The van der Waals surface area contributed by atoms with E-state index < -0.39 is 0 Å². The topological polar surface area (TPSA) is 144 Å². The number of thioether (sulfide) groups is 1. The fraction of sp³-hybridized carbons (Fsp3) is 0.208. The van der Waals surface area contributed by atoms with Crippen molar-refractivity contribution in [2.24, 2.45) is 0 Å². The van der Waals surface area contributed by atoms with Crippen molar-refractivity contribution in [3.63, 3.8) is 0 Å². The third-order valence-corrected chi connectivity index (χ3v) is 5.88. The van der Waals surface area contributed by atoms with E-state index in [1.54, 1.807) is 49.7 Å². The Hall–Kier alpha value is -4.12. The number of aromatic nitrogens is 2. The van der Waals surface area contributed by atoms with Gasteiger partial charge in [-0.15, -0.1) is 11.8 Å². The first-order chi connectivity index (χ1) is 16.6. The number of hydrogen-bond donors (Lipinski definition) is 3. The van der Waals surface area contributed by atoms with Gasteiger partial charge in [0.25, 0.3) is 5.91 Å². The highest BCUT2D eigenvalue weighted by atomic mass is 32.2. The molecule has 3 N–H and O–H groups in total. The van der Waals surface area contributed by atoms with E-state index in [4.69, 9.17) is 4.74 Å². The number of hydrogen-bond acceptors (Lipinski definition) is 9. The van der Waals surface area contributed by atoms with Crippen LogP contribution >= 0.6 is 11.8 Å². The van der Waals surface area contributed by atoms with E-state index in [1.807, 2.05) is 0 Å². The molecule has 1 aromatic carbocycles. The molecule has 2 heterocycles. The highest BCUT2D eigenvalue weighted by molar-refractivity contribution is 7.98. The van der Waals surface area contributed by atoms with Gasteiger partial charge in [-0.25, -0.2) is 4.98 Å². The first kappa shape index (κ1) is 24.5. The molecular formula is C24H22N6O3S. The molecule has 172 valence electrons. The summed E-state index contributed by atoms with van der Waals surface area (Å²) < 4.78 is 5.22. The van der Waals surface area contributed by atoms with Crippen LogP contribution in [0.5, 0.6) is 5.75 Å². The van der Waals surface area contributed by atoms with Crippen molar-refractivity contribution in [2.45, 2.75) is 10.8 Å². The number of carbonyl (C=O) groups is 1. The van der Waals surface area contributed by atoms with Crippen molar-refractivity contribution in [2.75, 3.05) is 32.6 Å². The van der Waals surface area contributed by atoms with Gasteiger partial charge in [0.2, 0.25) is 0 Å². The number of methoxy groups -OCH3 is 1. The molecular weight excluding hydrogens is 452 g/mol. The SMILES string of the molecule is CNC(=O)c1cc(CSc2nc(NCCO)c(C#N)c(-c3ccc(OC)cc3)c2C#N)ccn1. The van der Waals surface area contributed by atoms with Crippen molar-refractivity contribution in [1.29, 1.82) is 10.5 Å². The summed E-state index contributed by atoms with van der Waals surface area (Å²) in [6.07, 6.45) is 1.55. The Balaban J connectivity index is 2.08. The summed E-state index contributed by atoms with van der Waals surface area (Å²) in [5.74, 6) is 1.05. The Morgan fingerprint density at radius 1 is 1.18 bits per heavy atom. The number of ether oxygens (including phenoxy) is 1. The van der Waals surface area contributed by atoms with Crippen LogP contribution in [0.1, 0.15) is 27.2 Å². The maximum absolute atomic E-state index is 11.9. The number of benzene rings is 1. The number of pyridine rings is 2. The van der Waals surface area contributed by atoms with Crippen molar-refractivity contribution in [3.05, 3.63) is 65.0 Å². The van der Waals surface area contributed by atoms with Crippen LogP contribution in [0.4, 0.5) is 5.82 Å². The molecule has 0 aliphatic carbocycles. The van der Waals surface area contributed by atoms with E-state index >= 15 is 0 Å². The predicted octanol–water partition coefficient (Wildman–Crippen LogP) is 2.95. The lowest BCUT2D eigenvalue weighted by molar-refractivity contribution is 0.0958. The summed E-state index contributed by atoms with van der Waals surface area (Å²) >= 11 is 1.31. The minimum absolute atomic E-state index is 0.147. The van der Waals surface area contributed by atoms with Gasteiger partial charge in [0.1, 0.15) is 40.0 Å². The van der Waals surface area contributed by atoms with Gasteiger partial charge in [-0.3, -0.25) is 9.78 Å². The second-order valence-electron chi connectivity index (χ2n) is 6.91. The molecule has 0 bridgehead atoms. The first-order valence-corrected chi connectivity index (χ1v) is 11.2. The molecule has 9 nitrogen and oxygen atoms in total. The van der Waals surface area contributed by atoms with Crippen LogP contribution in [0.25, 0.3) is 11.1 Å². The molecule has 0 fully saturated rings. The maximum atomic E-state index is 11.9. The van der Waals surface area contributed by atoms with Crippen LogP contribution in [0, 0.1) is 22.7 Å². The number of aliphatic hydroxyl groups excluding tert-OH is 1. The minimum atomic E-state index is -0.293. The summed E-state index contributed by atoms with van der Waals surface area (Å²) in [7, 11) is 3.09. The molecule has 0 aliphatic heterocycles. The van der Waals surface area contributed by atoms with Crippen LogP contribution < -0.4 is 15.4 Å². The summed E-state index contributed by atoms with van der Waals surface area (Å²) in [6, 6.07) is 14.9. The molecule has 0 unspecified atom stereocenters. The van der Waals surface area contributed by atoms with Crippen LogP contribution in [0.15, 0.2) is 47.6 Å². The van der Waals surface area contributed by atoms with E-state index in [1.165, 1.54) is 18.8 Å². The lowest BCUT2D eigenvalue weighted by atomic mass is 9.96. The number of anilines is 1. The zero-order chi connectivity index (χ0) is 24.5. The Morgan fingerprint density at radius 2 is 1.91 bits per heavy atom. The van der Waals surface area contributed by atoms with Gasteiger partial charge in [0, 0.05) is 31.1 Å². The predicted molar refractivity (Wildman–Crippen MR) is 128 cm³/mol. The average molecular weight is 475 g/mol. The van der Waals surface area contributed by atoms with Crippen molar-refractivity contribution < 1.29 is 14.6 Å². The van der Waals surface area contributed by atoms with Crippen LogP contribution in [0.3, 0.4) is 0 Å². The third kappa shape index (κ3) is 5.44. The van der Waals surface area contributed by atoms with Gasteiger partial charge < -0.3 is 20.5 Å². The fourth-order valence-corrected chi connectivity index (χ4v) is 4.13. The normalized spacial score (nSPS) is 10.1. The molecule has 0 radical (unpaired) electrons. The summed E-state index contributed by atoms with van der Waals surface area (Å²) in [5.41, 5.74) is 2.71. The van der Waals surface area contributed by atoms with Crippen molar-refractivity contribution >= 4 is 23.5 Å². The maximum Gasteiger partial charge on any atom is 0.269 e. The molecule has 0 aliphatic rings. The molecule has 0 saturated heterocycles. The fourth-order valence-electron chi connectivity index (χ4n) is 3.20. The van der Waals surface area contributed by atoms with Crippen LogP contribution in [-0.2, 0) is 5.75 Å². The number of nitrogens with one attached hydrogen (secondary N) is 2. The number of nitrogens with zero attached hydrogens (tertiary/aromatic N) is 4. The zero-order valence-electron chi connectivity index (χ0n) is 18.6. The second-order valence-corrected chi connectivity index (χ2v) is 7.87. The van der Waals surface area contributed by atoms with Gasteiger partial charge in [-0.2, -0.15) is 10.5 Å². The van der Waals surface area contributed by atoms with Crippen LogP contribution in [-0.4, -0.2) is 48.3 Å². The van der Waals surface area contributed by atoms with E-state index in [9.17, 15) is 20.4 Å². The number of amides is 1. The van der Waals surface area contributed by atoms with Gasteiger partial charge in [0.05, 0.1) is 19.3 Å². The molecule has 0 atom stereocenters. The largest absolute Gasteiger partial charge is 0.497 e. The molecule has 1 amide bonds. The standard InChI is InChI=1S/C24H22N6O3S/c1-27-23(32)20-11-15(7-8-28-20)14-34-24-19(13-26)21(16-3-5-17(33-2)6-4-16)18(12-25)22(30-24)29-9-10-31/h3-8,11,31H,9-10,14H2,1-2H3,(H,27,32)(H,29,30). The molecule has 10 heteroatoms. The van der Waals surface area contributed by atoms with Crippen LogP contribution in [0.2, 0.25) is 0 Å². The highest BCUT2D eigenvalue weighted by Gasteiger charge is 2.22. The molecule has 0 spiro atoms. The molecule has 2 aromatic heterocycles. The van der Waals surface area contributed by atoms with E-state index in [-0.39, 0.29) is 41.7 Å². The summed E-state index contributed by atoms with van der Waals surface area (Å²) in [4.78, 5) is 20.5. The number of rotatable bonds is 9. The molecule has 3 aromatic rings. The minimum Gasteiger partial charge on any atom is -0.497 e. The number of carbonyl (C=O) groups excluding carboxylic acids is 1. The summed E-state index contributed by atoms with van der Waals surface area (Å²) in [6.45, 7) is 0.0474. The quantitative estimate of drug-likeness (QED) is 0.399. The third-order valence-electron chi connectivity index (χ3n) is 4.83. The zero-order valence-corrected chi connectivity index (χ0v) is 19.4. The van der Waals surface area contributed by atoms with Crippen molar-refractivity contribution in [1.82, 2.24) is 15.3 Å². The Morgan fingerprint density at radius 3 is 2.53 bits per heavy atom. The first-order valence-electron chi connectivity index (χ1n) is 10.2. The number of nitriles is 2. The lowest BCUT2D eigenvalue weighted by Crippen LogP contribution is -2.19. The molecule has 0 saturated carbocycles. The summed E-state index contributed by atoms with van der Waals surface area (Å²) in [5, 5.41) is 35.1. The Kier molecular flexibility index (Phi) is 8.41. The molecule has 34 heavy (non-hydrogen) atoms. The van der Waals surface area contributed by atoms with E-state index in [0.29, 0.717) is 27.7 Å². The van der Waals surface area contributed by atoms with Gasteiger partial charge in [-0.1, -0.05) is 12.1 Å². The van der Waals surface area contributed by atoms with Crippen molar-refractivity contribution in [3.8, 4) is 29.0 Å². The second kappa shape index (κ2) is 11.7. The smallest absolute Gasteiger partial charge is 0.269 e. The van der Waals surface area contributed by atoms with E-state index in [2.05, 4.69) is 32.7 Å². The Bertz CT molecular complexity index is 1270. The lowest BCUT2D eigenvalue weighted by Gasteiger charge is -2.16. The van der Waals surface area contributed by atoms with Gasteiger partial charge in [0.15, 0.2) is 0 Å². The number of aliphatic hydroxyl groups is 1. The monoisotopic (exact) mass is 474 g/mol.